The summed E-state index contributed by atoms with van der Waals surface area (Å²) in [5.41, 5.74) is 8.01. The maximum atomic E-state index is 13.9. The number of ether oxygens (including phenoxy) is 5. The molecule has 9 heteroatoms. The fourth-order valence-corrected chi connectivity index (χ4v) is 7.91. The first-order valence-corrected chi connectivity index (χ1v) is 18.9. The van der Waals surface area contributed by atoms with Crippen LogP contribution in [0.5, 0.6) is 34.5 Å². The number of nitrogens with zero attached hydrogens (tertiary/aromatic N) is 3. The molecule has 4 aromatic rings. The van der Waals surface area contributed by atoms with Crippen LogP contribution < -0.4 is 28.6 Å². The van der Waals surface area contributed by atoms with E-state index in [2.05, 4.69) is 60.8 Å². The Morgan fingerprint density at radius 3 is 2.20 bits per heavy atom. The van der Waals surface area contributed by atoms with Crippen molar-refractivity contribution in [1.29, 1.82) is 0 Å². The summed E-state index contributed by atoms with van der Waals surface area (Å²) in [6, 6.07) is 23.7. The Hall–Kier alpha value is -5.51. The zero-order valence-corrected chi connectivity index (χ0v) is 33.0. The van der Waals surface area contributed by atoms with Crippen LogP contribution in [0.15, 0.2) is 108 Å². The van der Waals surface area contributed by atoms with Crippen LogP contribution in [-0.4, -0.2) is 77.3 Å². The van der Waals surface area contributed by atoms with Crippen LogP contribution in [0.4, 0.5) is 5.69 Å². The Labute approximate surface area is 325 Å². The summed E-state index contributed by atoms with van der Waals surface area (Å²) in [5.74, 6) is 3.35. The lowest BCUT2D eigenvalue weighted by Crippen LogP contribution is -2.39. The molecule has 0 saturated carbocycles. The Balaban J connectivity index is 1.42. The van der Waals surface area contributed by atoms with Crippen LogP contribution in [0, 0.1) is 0 Å². The fourth-order valence-electron chi connectivity index (χ4n) is 7.91. The highest BCUT2D eigenvalue weighted by molar-refractivity contribution is 5.92. The number of carbonyl (C=O) groups is 1. The van der Waals surface area contributed by atoms with Gasteiger partial charge in [-0.2, -0.15) is 0 Å². The van der Waals surface area contributed by atoms with Gasteiger partial charge in [0.2, 0.25) is 5.75 Å². The molecule has 0 radical (unpaired) electrons. The maximum Gasteiger partial charge on any atom is 0.343 e. The Morgan fingerprint density at radius 1 is 0.836 bits per heavy atom. The third kappa shape index (κ3) is 7.86. The highest BCUT2D eigenvalue weighted by atomic mass is 16.6. The van der Waals surface area contributed by atoms with Gasteiger partial charge in [-0.15, -0.1) is 0 Å². The molecular weight excluding hydrogens is 691 g/mol. The summed E-state index contributed by atoms with van der Waals surface area (Å²) < 4.78 is 31.6. The molecule has 4 bridgehead atoms. The number of carbonyl (C=O) groups excluding carboxylic acids is 1. The number of rotatable bonds is 6. The summed E-state index contributed by atoms with van der Waals surface area (Å²) in [6.07, 6.45) is 7.15. The molecule has 0 spiro atoms. The second-order valence-corrected chi connectivity index (χ2v) is 14.8. The van der Waals surface area contributed by atoms with Crippen LogP contribution in [0.25, 0.3) is 0 Å². The Bertz CT molecular complexity index is 2140. The molecule has 2 atom stereocenters. The fraction of sp³-hybridized carbons (Fsp3) is 0.326. The first-order chi connectivity index (χ1) is 26.6. The van der Waals surface area contributed by atoms with Crippen molar-refractivity contribution in [2.75, 3.05) is 60.4 Å². The van der Waals surface area contributed by atoms with Crippen LogP contribution in [-0.2, 0) is 19.3 Å². The summed E-state index contributed by atoms with van der Waals surface area (Å²) in [4.78, 5) is 20.7. The highest BCUT2D eigenvalue weighted by Crippen LogP contribution is 2.50. The Kier molecular flexibility index (Phi) is 11.0. The van der Waals surface area contributed by atoms with E-state index in [1.54, 1.807) is 26.4 Å². The Morgan fingerprint density at radius 2 is 1.51 bits per heavy atom. The number of allylic oxidation sites excluding steroid dienone is 2. The minimum atomic E-state index is -0.501. The van der Waals surface area contributed by atoms with Gasteiger partial charge in [0.05, 0.1) is 19.8 Å². The van der Waals surface area contributed by atoms with Crippen molar-refractivity contribution < 1.29 is 28.5 Å². The van der Waals surface area contributed by atoms with E-state index in [4.69, 9.17) is 23.7 Å². The van der Waals surface area contributed by atoms with Gasteiger partial charge in [-0.25, -0.2) is 4.79 Å². The van der Waals surface area contributed by atoms with Crippen LogP contribution in [0.2, 0.25) is 0 Å². The van der Waals surface area contributed by atoms with Crippen molar-refractivity contribution >= 4 is 11.7 Å². The van der Waals surface area contributed by atoms with Gasteiger partial charge >= 0.3 is 5.97 Å². The van der Waals surface area contributed by atoms with Gasteiger partial charge in [-0.05, 0) is 135 Å². The normalized spacial score (nSPS) is 19.7. The van der Waals surface area contributed by atoms with E-state index in [1.807, 2.05) is 68.4 Å². The molecule has 55 heavy (non-hydrogen) atoms. The molecule has 0 N–H and O–H groups in total. The molecule has 0 fully saturated rings. The highest BCUT2D eigenvalue weighted by Gasteiger charge is 2.35. The smallest absolute Gasteiger partial charge is 0.343 e. The molecule has 8 rings (SSSR count). The average molecular weight is 742 g/mol. The molecule has 0 aliphatic carbocycles. The number of esters is 1. The van der Waals surface area contributed by atoms with Gasteiger partial charge in [0, 0.05) is 50.5 Å². The summed E-state index contributed by atoms with van der Waals surface area (Å²) >= 11 is 0. The van der Waals surface area contributed by atoms with E-state index >= 15 is 0 Å². The SMILES string of the molecule is C=CC1=C2/C=C(\C)Oc3c(OC(=O)c4ccc(N(C)C)cc4)c(OC)cc4c3[C@H](Cc3ccc(OC)c(c3)Oc3ccc(cc3)C[C@@H]2N(C)CC1)N(C)CC4. The average Bonchev–Trinajstić information content (AvgIpc) is 3.18. The minimum absolute atomic E-state index is 0.0725. The second kappa shape index (κ2) is 16.1. The molecule has 0 saturated heterocycles. The largest absolute Gasteiger partial charge is 0.493 e. The van der Waals surface area contributed by atoms with E-state index in [1.165, 1.54) is 11.1 Å². The zero-order valence-electron chi connectivity index (χ0n) is 33.0. The third-order valence-corrected chi connectivity index (χ3v) is 11.1. The first kappa shape index (κ1) is 37.8. The third-order valence-electron chi connectivity index (χ3n) is 11.1. The van der Waals surface area contributed by atoms with Crippen molar-refractivity contribution in [3.05, 3.63) is 136 Å². The molecule has 0 aromatic heterocycles. The van der Waals surface area contributed by atoms with Crippen LogP contribution in [0.3, 0.4) is 0 Å². The van der Waals surface area contributed by atoms with E-state index < -0.39 is 5.97 Å². The summed E-state index contributed by atoms with van der Waals surface area (Å²) in [6.45, 7) is 7.90. The number of benzene rings is 4. The number of likely N-dealkylation sites (N-methyl/N-ethyl adjacent to an activating group) is 2. The predicted molar refractivity (Wildman–Crippen MR) is 217 cm³/mol. The molecule has 4 heterocycles. The molecule has 9 nitrogen and oxygen atoms in total. The lowest BCUT2D eigenvalue weighted by molar-refractivity contribution is 0.0723. The number of fused-ring (bicyclic) bond motifs is 3. The molecule has 4 aromatic carbocycles. The van der Waals surface area contributed by atoms with Crippen LogP contribution in [0.1, 0.15) is 52.0 Å². The topological polar surface area (TPSA) is 72.9 Å². The number of hydrogen-bond donors (Lipinski definition) is 0. The quantitative estimate of drug-likeness (QED) is 0.143. The van der Waals surface area contributed by atoms with Gasteiger partial charge in [0.25, 0.3) is 0 Å². The van der Waals surface area contributed by atoms with Crippen molar-refractivity contribution in [3.63, 3.8) is 0 Å². The van der Waals surface area contributed by atoms with Crippen LogP contribution >= 0.6 is 0 Å². The van der Waals surface area contributed by atoms with Gasteiger partial charge in [-0.3, -0.25) is 9.80 Å². The lowest BCUT2D eigenvalue weighted by Gasteiger charge is -2.37. The minimum Gasteiger partial charge on any atom is -0.493 e. The molecular formula is C46H51N3O6. The zero-order chi connectivity index (χ0) is 38.8. The van der Waals surface area contributed by atoms with Crippen molar-refractivity contribution in [2.24, 2.45) is 0 Å². The number of methoxy groups -OCH3 is 2. The molecule has 4 aliphatic heterocycles. The van der Waals surface area contributed by atoms with Gasteiger partial charge in [-0.1, -0.05) is 30.9 Å². The second-order valence-electron chi connectivity index (χ2n) is 14.8. The molecule has 0 amide bonds. The van der Waals surface area contributed by atoms with Gasteiger partial charge in [0.15, 0.2) is 23.0 Å². The van der Waals surface area contributed by atoms with E-state index in [-0.39, 0.29) is 17.8 Å². The predicted octanol–water partition coefficient (Wildman–Crippen LogP) is 8.58. The van der Waals surface area contributed by atoms with E-state index in [0.29, 0.717) is 40.7 Å². The summed E-state index contributed by atoms with van der Waals surface area (Å²) in [7, 11) is 11.5. The van der Waals surface area contributed by atoms with Crippen molar-refractivity contribution in [1.82, 2.24) is 9.80 Å². The standard InChI is InChI=1S/C46H51N3O6/c1-9-32-20-22-48(5)38-25-30-10-17-36(18-11-30)54-41-27-31(12-19-40(41)51-7)26-39-43-34(21-23-49(39)6)28-42(52-8)44(45(43)53-29(2)24-37(32)38)55-46(50)33-13-15-35(16-14-33)47(3)4/h9-19,24,27-28,38-39H,1,20-23,25-26H2,2-8H3/b29-24+/t38-,39-/m0/s1. The first-order valence-electron chi connectivity index (χ1n) is 18.9. The maximum absolute atomic E-state index is 13.9. The number of anilines is 1. The van der Waals surface area contributed by atoms with Gasteiger partial charge < -0.3 is 28.6 Å². The number of hydrogen-bond acceptors (Lipinski definition) is 9. The summed E-state index contributed by atoms with van der Waals surface area (Å²) in [5, 5.41) is 0. The van der Waals surface area contributed by atoms with Gasteiger partial charge in [0.1, 0.15) is 11.5 Å². The van der Waals surface area contributed by atoms with Crippen molar-refractivity contribution in [3.8, 4) is 34.5 Å². The molecule has 286 valence electrons. The van der Waals surface area contributed by atoms with E-state index in [0.717, 1.165) is 66.1 Å². The van der Waals surface area contributed by atoms with E-state index in [9.17, 15) is 4.79 Å². The molecule has 4 aliphatic rings. The van der Waals surface area contributed by atoms with Crippen molar-refractivity contribution in [2.45, 2.75) is 44.7 Å². The lowest BCUT2D eigenvalue weighted by atomic mass is 9.87. The monoisotopic (exact) mass is 741 g/mol. The molecule has 0 unspecified atom stereocenters.